The number of halogens is 2. The Labute approximate surface area is 103 Å². The molecule has 0 bridgehead atoms. The Morgan fingerprint density at radius 3 is 2.44 bits per heavy atom. The van der Waals surface area contributed by atoms with Gasteiger partial charge < -0.3 is 5.11 Å². The molecule has 1 aliphatic rings. The molecular formula is C10H11Cl2N3O. The largest absolute Gasteiger partial charge is 0.512 e. The van der Waals surface area contributed by atoms with Gasteiger partial charge in [0.05, 0.1) is 5.76 Å². The second kappa shape index (κ2) is 4.55. The van der Waals surface area contributed by atoms with Crippen LogP contribution >= 0.6 is 23.2 Å². The molecular weight excluding hydrogens is 249 g/mol. The molecule has 0 saturated carbocycles. The van der Waals surface area contributed by atoms with E-state index in [2.05, 4.69) is 21.9 Å². The second-order valence-corrected chi connectivity index (χ2v) is 4.65. The summed E-state index contributed by atoms with van der Waals surface area (Å²) in [6.45, 7) is 2.12. The summed E-state index contributed by atoms with van der Waals surface area (Å²) in [4.78, 5) is 11.6. The lowest BCUT2D eigenvalue weighted by atomic mass is 9.88. The van der Waals surface area contributed by atoms with Crippen LogP contribution in [0.15, 0.2) is 5.76 Å². The number of nitrogens with zero attached hydrogens (tertiary/aromatic N) is 3. The van der Waals surface area contributed by atoms with Gasteiger partial charge in [-0.1, -0.05) is 6.92 Å². The molecule has 1 atom stereocenters. The van der Waals surface area contributed by atoms with Gasteiger partial charge in [-0.3, -0.25) is 0 Å². The van der Waals surface area contributed by atoms with Crippen LogP contribution in [0.5, 0.6) is 0 Å². The average molecular weight is 260 g/mol. The minimum atomic E-state index is 0.0496. The summed E-state index contributed by atoms with van der Waals surface area (Å²) in [7, 11) is 0. The number of aliphatic hydroxyl groups is 1. The molecule has 6 heteroatoms. The van der Waals surface area contributed by atoms with Gasteiger partial charge in [0, 0.05) is 12.0 Å². The second-order valence-electron chi connectivity index (χ2n) is 3.97. The number of hydrogen-bond acceptors (Lipinski definition) is 4. The Hall–Kier alpha value is -0.870. The fourth-order valence-electron chi connectivity index (χ4n) is 1.78. The number of aliphatic hydroxyl groups excluding tert-OH is 1. The SMILES string of the molecule is CC1CCC(O)=C(c2nc(Cl)nc(Cl)n2)C1. The molecule has 0 amide bonds. The lowest BCUT2D eigenvalue weighted by Crippen LogP contribution is -2.10. The molecule has 0 radical (unpaired) electrons. The average Bonchev–Trinajstić information content (AvgIpc) is 2.20. The van der Waals surface area contributed by atoms with Crippen molar-refractivity contribution >= 4 is 28.8 Å². The molecule has 1 aromatic rings. The summed E-state index contributed by atoms with van der Waals surface area (Å²) in [5.74, 6) is 1.21. The van der Waals surface area contributed by atoms with Crippen LogP contribution in [-0.4, -0.2) is 20.1 Å². The normalized spacial score (nSPS) is 21.3. The van der Waals surface area contributed by atoms with Gasteiger partial charge >= 0.3 is 0 Å². The first-order chi connectivity index (χ1) is 7.56. The van der Waals surface area contributed by atoms with Crippen molar-refractivity contribution in [1.29, 1.82) is 0 Å². The Morgan fingerprint density at radius 2 is 1.81 bits per heavy atom. The van der Waals surface area contributed by atoms with Crippen LogP contribution in [0, 0.1) is 5.92 Å². The molecule has 4 nitrogen and oxygen atoms in total. The minimum Gasteiger partial charge on any atom is -0.512 e. The van der Waals surface area contributed by atoms with E-state index in [0.717, 1.165) is 18.4 Å². The zero-order valence-corrected chi connectivity index (χ0v) is 10.3. The van der Waals surface area contributed by atoms with E-state index in [1.54, 1.807) is 0 Å². The van der Waals surface area contributed by atoms with Crippen molar-refractivity contribution in [2.45, 2.75) is 26.2 Å². The van der Waals surface area contributed by atoms with Crippen molar-refractivity contribution < 1.29 is 5.11 Å². The molecule has 2 rings (SSSR count). The monoisotopic (exact) mass is 259 g/mol. The molecule has 1 N–H and O–H groups in total. The van der Waals surface area contributed by atoms with Gasteiger partial charge in [-0.2, -0.15) is 15.0 Å². The number of allylic oxidation sites excluding steroid dienone is 2. The van der Waals surface area contributed by atoms with Crippen molar-refractivity contribution in [1.82, 2.24) is 15.0 Å². The fraction of sp³-hybridized carbons (Fsp3) is 0.500. The summed E-state index contributed by atoms with van der Waals surface area (Å²) in [6.07, 6.45) is 2.36. The Morgan fingerprint density at radius 1 is 1.19 bits per heavy atom. The van der Waals surface area contributed by atoms with E-state index in [0.29, 0.717) is 23.9 Å². The molecule has 16 heavy (non-hydrogen) atoms. The molecule has 1 aliphatic carbocycles. The van der Waals surface area contributed by atoms with Gasteiger partial charge in [0.1, 0.15) is 0 Å². The third kappa shape index (κ3) is 2.44. The summed E-state index contributed by atoms with van der Waals surface area (Å²) in [5, 5.41) is 9.91. The summed E-state index contributed by atoms with van der Waals surface area (Å²) < 4.78 is 0. The van der Waals surface area contributed by atoms with Gasteiger partial charge in [-0.05, 0) is 42.0 Å². The van der Waals surface area contributed by atoms with E-state index < -0.39 is 0 Å². The molecule has 0 fully saturated rings. The van der Waals surface area contributed by atoms with Gasteiger partial charge in [0.25, 0.3) is 0 Å². The maximum Gasteiger partial charge on any atom is 0.227 e. The minimum absolute atomic E-state index is 0.0496. The van der Waals surface area contributed by atoms with Crippen LogP contribution in [0.25, 0.3) is 5.57 Å². The maximum absolute atomic E-state index is 9.81. The van der Waals surface area contributed by atoms with E-state index >= 15 is 0 Å². The van der Waals surface area contributed by atoms with Gasteiger partial charge in [0.15, 0.2) is 5.82 Å². The lowest BCUT2D eigenvalue weighted by Gasteiger charge is -2.20. The predicted molar refractivity (Wildman–Crippen MR) is 62.4 cm³/mol. The number of aromatic nitrogens is 3. The fourth-order valence-corrected chi connectivity index (χ4v) is 2.15. The van der Waals surface area contributed by atoms with Gasteiger partial charge in [0.2, 0.25) is 10.6 Å². The number of hydrogen-bond donors (Lipinski definition) is 1. The zero-order valence-electron chi connectivity index (χ0n) is 8.74. The van der Waals surface area contributed by atoms with E-state index in [4.69, 9.17) is 23.2 Å². The highest BCUT2D eigenvalue weighted by Gasteiger charge is 2.21. The van der Waals surface area contributed by atoms with Crippen molar-refractivity contribution in [3.8, 4) is 0 Å². The Kier molecular flexibility index (Phi) is 3.30. The van der Waals surface area contributed by atoms with Crippen molar-refractivity contribution in [2.24, 2.45) is 5.92 Å². The summed E-state index contributed by atoms with van der Waals surface area (Å²) in [5.41, 5.74) is 0.727. The molecule has 1 heterocycles. The van der Waals surface area contributed by atoms with Gasteiger partial charge in [-0.25, -0.2) is 0 Å². The molecule has 86 valence electrons. The highest BCUT2D eigenvalue weighted by Crippen LogP contribution is 2.33. The lowest BCUT2D eigenvalue weighted by molar-refractivity contribution is 0.350. The van der Waals surface area contributed by atoms with Crippen molar-refractivity contribution in [3.05, 3.63) is 22.2 Å². The van der Waals surface area contributed by atoms with Crippen LogP contribution in [0.1, 0.15) is 32.0 Å². The molecule has 1 unspecified atom stereocenters. The first-order valence-electron chi connectivity index (χ1n) is 5.04. The van der Waals surface area contributed by atoms with Crippen molar-refractivity contribution in [2.75, 3.05) is 0 Å². The molecule has 1 aromatic heterocycles. The molecule has 0 aliphatic heterocycles. The quantitative estimate of drug-likeness (QED) is 0.841. The van der Waals surface area contributed by atoms with Crippen LogP contribution in [-0.2, 0) is 0 Å². The first kappa shape index (κ1) is 11.6. The van der Waals surface area contributed by atoms with E-state index in [9.17, 15) is 5.11 Å². The van der Waals surface area contributed by atoms with Gasteiger partial charge in [-0.15, -0.1) is 0 Å². The summed E-state index contributed by atoms with van der Waals surface area (Å²) >= 11 is 11.4. The highest BCUT2D eigenvalue weighted by atomic mass is 35.5. The topological polar surface area (TPSA) is 58.9 Å². The highest BCUT2D eigenvalue weighted by molar-refractivity contribution is 6.31. The standard InChI is InChI=1S/C10H11Cl2N3O/c1-5-2-3-7(16)6(4-5)8-13-9(11)15-10(12)14-8/h5,16H,2-4H2,1H3. The van der Waals surface area contributed by atoms with E-state index in [-0.39, 0.29) is 10.6 Å². The van der Waals surface area contributed by atoms with Crippen LogP contribution < -0.4 is 0 Å². The zero-order chi connectivity index (χ0) is 11.7. The summed E-state index contributed by atoms with van der Waals surface area (Å²) in [6, 6.07) is 0. The van der Waals surface area contributed by atoms with Crippen molar-refractivity contribution in [3.63, 3.8) is 0 Å². The third-order valence-corrected chi connectivity index (χ3v) is 2.96. The molecule has 0 saturated heterocycles. The van der Waals surface area contributed by atoms with Crippen LogP contribution in [0.3, 0.4) is 0 Å². The number of rotatable bonds is 1. The Balaban J connectivity index is 2.42. The first-order valence-corrected chi connectivity index (χ1v) is 5.80. The smallest absolute Gasteiger partial charge is 0.227 e. The van der Waals surface area contributed by atoms with Crippen LogP contribution in [0.2, 0.25) is 10.6 Å². The van der Waals surface area contributed by atoms with E-state index in [1.165, 1.54) is 0 Å². The van der Waals surface area contributed by atoms with E-state index in [1.807, 2.05) is 0 Å². The van der Waals surface area contributed by atoms with Crippen LogP contribution in [0.4, 0.5) is 0 Å². The third-order valence-electron chi connectivity index (χ3n) is 2.63. The Bertz CT molecular complexity index is 427. The maximum atomic E-state index is 9.81. The molecule has 0 aromatic carbocycles. The molecule has 0 spiro atoms. The predicted octanol–water partition coefficient (Wildman–Crippen LogP) is 3.27.